The summed E-state index contributed by atoms with van der Waals surface area (Å²) in [6, 6.07) is 16.5. The van der Waals surface area contributed by atoms with Gasteiger partial charge in [0, 0.05) is 49.1 Å². The van der Waals surface area contributed by atoms with E-state index in [1.54, 1.807) is 0 Å². The van der Waals surface area contributed by atoms with Crippen LogP contribution in [-0.2, 0) is 30.5 Å². The molecule has 4 aromatic rings. The molecule has 0 saturated heterocycles. The first-order chi connectivity index (χ1) is 20.4. The number of ketones is 1. The average molecular weight is 771 g/mol. The maximum absolute atomic E-state index is 11.7. The zero-order valence-electron chi connectivity index (χ0n) is 28.1. The topological polar surface area (TPSA) is 59.4 Å². The number of pyridine rings is 1. The fourth-order valence-electron chi connectivity index (χ4n) is 6.41. The predicted octanol–water partition coefficient (Wildman–Crippen LogP) is 10.6. The van der Waals surface area contributed by atoms with E-state index in [2.05, 4.69) is 77.9 Å². The molecule has 4 nitrogen and oxygen atoms in total. The van der Waals surface area contributed by atoms with Crippen LogP contribution in [-0.4, -0.2) is 15.9 Å². The van der Waals surface area contributed by atoms with Crippen LogP contribution in [0, 0.1) is 45.6 Å². The number of para-hydroxylation sites is 1. The summed E-state index contributed by atoms with van der Waals surface area (Å²) in [5.41, 5.74) is 8.70. The van der Waals surface area contributed by atoms with Crippen molar-refractivity contribution in [1.29, 1.82) is 0 Å². The van der Waals surface area contributed by atoms with Crippen LogP contribution < -0.4 is 4.74 Å². The minimum absolute atomic E-state index is 0. The van der Waals surface area contributed by atoms with Crippen LogP contribution >= 0.6 is 0 Å². The number of hydrogen-bond acceptors (Lipinski definition) is 4. The van der Waals surface area contributed by atoms with E-state index in [-0.39, 0.29) is 43.5 Å². The molecule has 5 heteroatoms. The van der Waals surface area contributed by atoms with Crippen LogP contribution in [0.4, 0.5) is 0 Å². The van der Waals surface area contributed by atoms with Crippen molar-refractivity contribution in [3.05, 3.63) is 82.1 Å². The number of hydrogen-bond donors (Lipinski definition) is 1. The summed E-state index contributed by atoms with van der Waals surface area (Å²) in [5.74, 6) is 1.46. The molecule has 0 spiro atoms. The number of ether oxygens (including phenoxy) is 1. The monoisotopic (exact) mass is 771 g/mol. The summed E-state index contributed by atoms with van der Waals surface area (Å²) in [6.45, 7) is 21.0. The van der Waals surface area contributed by atoms with Crippen molar-refractivity contribution in [2.45, 2.75) is 101 Å². The van der Waals surface area contributed by atoms with Gasteiger partial charge in [0.05, 0.1) is 17.0 Å². The standard InChI is InChI=1S/C26H24NO.C13H24O2.Ir/c1-14-11-18-13-21-24-23(16(3)19-9-7-8-10-22(19)27-24)26(5,6)28-25(21)17(4)20(18)12-15(14)2;1-5-10(6-2)12(14)9-13(15)11(7-3)8-4;/h7-12H,1-6H3;9-11,14H,5-8H2,1-4H3;/q-1;;/b;12-9-;. The summed E-state index contributed by atoms with van der Waals surface area (Å²) in [4.78, 5) is 16.8. The van der Waals surface area contributed by atoms with E-state index >= 15 is 0 Å². The van der Waals surface area contributed by atoms with Gasteiger partial charge in [-0.1, -0.05) is 79.6 Å². The molecule has 0 unspecified atom stereocenters. The third kappa shape index (κ3) is 6.80. The molecule has 1 aromatic heterocycles. The Labute approximate surface area is 277 Å². The van der Waals surface area contributed by atoms with Crippen molar-refractivity contribution in [1.82, 2.24) is 4.98 Å². The third-order valence-corrected chi connectivity index (χ3v) is 9.30. The fourth-order valence-corrected chi connectivity index (χ4v) is 6.41. The second kappa shape index (κ2) is 14.4. The van der Waals surface area contributed by atoms with E-state index in [0.29, 0.717) is 0 Å². The van der Waals surface area contributed by atoms with Crippen molar-refractivity contribution in [2.75, 3.05) is 0 Å². The Kier molecular flexibility index (Phi) is 11.6. The molecule has 1 aliphatic rings. The van der Waals surface area contributed by atoms with Crippen LogP contribution in [0.3, 0.4) is 0 Å². The summed E-state index contributed by atoms with van der Waals surface area (Å²) in [7, 11) is 0. The molecule has 1 radical (unpaired) electrons. The third-order valence-electron chi connectivity index (χ3n) is 9.30. The molecule has 5 rings (SSSR count). The molecular weight excluding hydrogens is 723 g/mol. The minimum Gasteiger partial charge on any atom is -0.519 e. The van der Waals surface area contributed by atoms with E-state index < -0.39 is 5.60 Å². The number of aliphatic hydroxyl groups excluding tert-OH is 1. The van der Waals surface area contributed by atoms with E-state index in [1.165, 1.54) is 33.5 Å². The van der Waals surface area contributed by atoms with E-state index in [9.17, 15) is 9.90 Å². The van der Waals surface area contributed by atoms with Gasteiger partial charge in [0.15, 0.2) is 5.78 Å². The van der Waals surface area contributed by atoms with Gasteiger partial charge >= 0.3 is 0 Å². The van der Waals surface area contributed by atoms with Gasteiger partial charge in [-0.15, -0.1) is 17.5 Å². The number of aliphatic hydroxyl groups is 1. The second-order valence-electron chi connectivity index (χ2n) is 12.5. The molecule has 0 atom stereocenters. The first-order valence-corrected chi connectivity index (χ1v) is 15.9. The van der Waals surface area contributed by atoms with Gasteiger partial charge in [0.2, 0.25) is 0 Å². The Morgan fingerprint density at radius 3 is 2.11 bits per heavy atom. The van der Waals surface area contributed by atoms with Gasteiger partial charge < -0.3 is 9.84 Å². The molecule has 0 fully saturated rings. The first-order valence-electron chi connectivity index (χ1n) is 15.9. The van der Waals surface area contributed by atoms with Crippen molar-refractivity contribution in [3.8, 4) is 17.0 Å². The molecule has 0 amide bonds. The maximum Gasteiger partial charge on any atom is 0.162 e. The molecule has 44 heavy (non-hydrogen) atoms. The molecule has 237 valence electrons. The normalized spacial score (nSPS) is 13.6. The maximum atomic E-state index is 11.7. The van der Waals surface area contributed by atoms with Crippen LogP contribution in [0.2, 0.25) is 0 Å². The Bertz CT molecular complexity index is 1690. The van der Waals surface area contributed by atoms with E-state index in [0.717, 1.165) is 64.7 Å². The van der Waals surface area contributed by atoms with Crippen molar-refractivity contribution < 1.29 is 34.7 Å². The Hall–Kier alpha value is -3.01. The summed E-state index contributed by atoms with van der Waals surface area (Å²) in [5, 5.41) is 13.3. The quantitative estimate of drug-likeness (QED) is 0.116. The van der Waals surface area contributed by atoms with E-state index in [4.69, 9.17) is 9.72 Å². The van der Waals surface area contributed by atoms with Crippen LogP contribution in [0.15, 0.2) is 48.2 Å². The van der Waals surface area contributed by atoms with Gasteiger partial charge in [-0.3, -0.25) is 9.78 Å². The Morgan fingerprint density at radius 1 is 0.909 bits per heavy atom. The van der Waals surface area contributed by atoms with Crippen LogP contribution in [0.1, 0.15) is 95.0 Å². The number of fused-ring (bicyclic) bond motifs is 5. The fraction of sp³-hybridized carbons (Fsp3) is 0.436. The molecule has 1 aliphatic heterocycles. The minimum atomic E-state index is -0.449. The molecule has 2 heterocycles. The number of aromatic nitrogens is 1. The predicted molar refractivity (Wildman–Crippen MR) is 180 cm³/mol. The van der Waals surface area contributed by atoms with Gasteiger partial charge in [-0.25, -0.2) is 0 Å². The van der Waals surface area contributed by atoms with E-state index in [1.807, 2.05) is 33.8 Å². The number of carbonyl (C=O) groups is 1. The summed E-state index contributed by atoms with van der Waals surface area (Å²) in [6.07, 6.45) is 4.91. The molecule has 0 aliphatic carbocycles. The molecule has 1 N–H and O–H groups in total. The van der Waals surface area contributed by atoms with Crippen molar-refractivity contribution >= 4 is 27.5 Å². The van der Waals surface area contributed by atoms with Gasteiger partial charge in [0.1, 0.15) is 5.60 Å². The van der Waals surface area contributed by atoms with Crippen molar-refractivity contribution in [2.24, 2.45) is 11.8 Å². The van der Waals surface area contributed by atoms with Crippen LogP contribution in [0.25, 0.3) is 32.9 Å². The molecular formula is C39H48IrNO3-. The SMILES string of the molecule is CCC(CC)C(=O)/C=C(\O)C(CC)CC.Cc1cc2[c-]c3c(c(C)c2cc1C)OC(C)(C)c1c-3nc2ccccc2c1C.[Ir]. The average Bonchev–Trinajstić information content (AvgIpc) is 2.96. The second-order valence-corrected chi connectivity index (χ2v) is 12.5. The number of aryl methyl sites for hydroxylation is 4. The number of rotatable bonds is 7. The first kappa shape index (κ1) is 35.5. The van der Waals surface area contributed by atoms with Gasteiger partial charge in [-0.2, -0.15) is 0 Å². The largest absolute Gasteiger partial charge is 0.519 e. The Balaban J connectivity index is 0.000000286. The molecule has 0 bridgehead atoms. The summed E-state index contributed by atoms with van der Waals surface area (Å²) >= 11 is 0. The van der Waals surface area contributed by atoms with Crippen LogP contribution in [0.5, 0.6) is 5.75 Å². The molecule has 3 aromatic carbocycles. The summed E-state index contributed by atoms with van der Waals surface area (Å²) < 4.78 is 6.61. The van der Waals surface area contributed by atoms with Gasteiger partial charge in [0.25, 0.3) is 0 Å². The number of benzene rings is 3. The smallest absolute Gasteiger partial charge is 0.162 e. The van der Waals surface area contributed by atoms with Crippen molar-refractivity contribution in [3.63, 3.8) is 0 Å². The number of nitrogens with zero attached hydrogens (tertiary/aromatic N) is 1. The zero-order valence-corrected chi connectivity index (χ0v) is 30.5. The Morgan fingerprint density at radius 2 is 1.50 bits per heavy atom. The number of allylic oxidation sites excluding steroid dienone is 2. The number of carbonyl (C=O) groups excluding carboxylic acids is 1. The zero-order chi connectivity index (χ0) is 31.6. The molecule has 0 saturated carbocycles. The van der Waals surface area contributed by atoms with Gasteiger partial charge in [-0.05, 0) is 84.4 Å².